The average molecular weight is 317 g/mol. The second-order valence-electron chi connectivity index (χ2n) is 3.85. The van der Waals surface area contributed by atoms with Gasteiger partial charge < -0.3 is 5.73 Å². The number of nitrogens with one attached hydrogen (secondary N) is 1. The van der Waals surface area contributed by atoms with Gasteiger partial charge in [-0.2, -0.15) is 10.2 Å². The summed E-state index contributed by atoms with van der Waals surface area (Å²) in [5.74, 6) is -1.04. The van der Waals surface area contributed by atoms with E-state index in [4.69, 9.17) is 17.3 Å². The SMILES string of the molecule is Nc1cc(Cl)cc(S(=O)(=O)NCc2cccnn2)c1F. The Hall–Kier alpha value is -1.77. The van der Waals surface area contributed by atoms with Crippen LogP contribution in [0.15, 0.2) is 35.4 Å². The zero-order valence-corrected chi connectivity index (χ0v) is 11.6. The van der Waals surface area contributed by atoms with E-state index in [1.165, 1.54) is 6.20 Å². The molecule has 106 valence electrons. The number of nitrogen functional groups attached to an aromatic ring is 1. The fourth-order valence-electron chi connectivity index (χ4n) is 1.45. The summed E-state index contributed by atoms with van der Waals surface area (Å²) < 4.78 is 40.0. The van der Waals surface area contributed by atoms with Gasteiger partial charge in [-0.05, 0) is 24.3 Å². The van der Waals surface area contributed by atoms with Crippen LogP contribution < -0.4 is 10.5 Å². The van der Waals surface area contributed by atoms with Crippen LogP contribution in [0, 0.1) is 5.82 Å². The summed E-state index contributed by atoms with van der Waals surface area (Å²) in [5, 5.41) is 7.35. The molecular weight excluding hydrogens is 307 g/mol. The van der Waals surface area contributed by atoms with E-state index in [2.05, 4.69) is 14.9 Å². The van der Waals surface area contributed by atoms with E-state index in [1.54, 1.807) is 12.1 Å². The number of rotatable bonds is 4. The van der Waals surface area contributed by atoms with Gasteiger partial charge in [0, 0.05) is 11.2 Å². The minimum atomic E-state index is -4.09. The zero-order chi connectivity index (χ0) is 14.8. The Morgan fingerprint density at radius 2 is 2.15 bits per heavy atom. The second kappa shape index (κ2) is 5.70. The highest BCUT2D eigenvalue weighted by molar-refractivity contribution is 7.89. The highest BCUT2D eigenvalue weighted by atomic mass is 35.5. The van der Waals surface area contributed by atoms with Gasteiger partial charge in [0.2, 0.25) is 10.0 Å². The maximum Gasteiger partial charge on any atom is 0.243 e. The monoisotopic (exact) mass is 316 g/mol. The summed E-state index contributed by atoms with van der Waals surface area (Å²) in [5.41, 5.74) is 5.41. The molecule has 0 aliphatic rings. The molecule has 1 aromatic heterocycles. The topological polar surface area (TPSA) is 98.0 Å². The number of halogens is 2. The normalized spacial score (nSPS) is 11.5. The van der Waals surface area contributed by atoms with Crippen LogP contribution in [-0.4, -0.2) is 18.6 Å². The van der Waals surface area contributed by atoms with E-state index in [9.17, 15) is 12.8 Å². The first-order chi connectivity index (χ1) is 9.40. The van der Waals surface area contributed by atoms with Crippen LogP contribution in [-0.2, 0) is 16.6 Å². The third kappa shape index (κ3) is 3.21. The Bertz CT molecular complexity index is 725. The molecule has 6 nitrogen and oxygen atoms in total. The second-order valence-corrected chi connectivity index (χ2v) is 6.02. The molecule has 0 bridgehead atoms. The van der Waals surface area contributed by atoms with Crippen molar-refractivity contribution in [1.29, 1.82) is 0 Å². The number of sulfonamides is 1. The zero-order valence-electron chi connectivity index (χ0n) is 10.0. The molecule has 0 aliphatic carbocycles. The molecule has 0 saturated heterocycles. The van der Waals surface area contributed by atoms with Crippen LogP contribution in [0.1, 0.15) is 5.69 Å². The van der Waals surface area contributed by atoms with E-state index >= 15 is 0 Å². The Morgan fingerprint density at radius 1 is 1.40 bits per heavy atom. The van der Waals surface area contributed by atoms with Crippen molar-refractivity contribution >= 4 is 27.3 Å². The number of aromatic nitrogens is 2. The van der Waals surface area contributed by atoms with Crippen LogP contribution in [0.3, 0.4) is 0 Å². The molecule has 9 heteroatoms. The Labute approximate surface area is 119 Å². The molecule has 0 radical (unpaired) electrons. The van der Waals surface area contributed by atoms with Crippen molar-refractivity contribution in [3.8, 4) is 0 Å². The van der Waals surface area contributed by atoms with E-state index in [0.29, 0.717) is 5.69 Å². The summed E-state index contributed by atoms with van der Waals surface area (Å²) in [6, 6.07) is 5.32. The van der Waals surface area contributed by atoms with Crippen LogP contribution in [0.25, 0.3) is 0 Å². The van der Waals surface area contributed by atoms with Crippen molar-refractivity contribution in [2.75, 3.05) is 5.73 Å². The van der Waals surface area contributed by atoms with Crippen LogP contribution in [0.4, 0.5) is 10.1 Å². The van der Waals surface area contributed by atoms with Crippen LogP contribution >= 0.6 is 11.6 Å². The number of anilines is 1. The average Bonchev–Trinajstić information content (AvgIpc) is 2.42. The third-order valence-electron chi connectivity index (χ3n) is 2.39. The molecule has 20 heavy (non-hydrogen) atoms. The molecule has 0 fully saturated rings. The van der Waals surface area contributed by atoms with Crippen molar-refractivity contribution in [2.45, 2.75) is 11.4 Å². The summed E-state index contributed by atoms with van der Waals surface area (Å²) in [4.78, 5) is -0.605. The maximum absolute atomic E-state index is 13.8. The Morgan fingerprint density at radius 3 is 2.80 bits per heavy atom. The largest absolute Gasteiger partial charge is 0.396 e. The number of hydrogen-bond donors (Lipinski definition) is 2. The predicted molar refractivity (Wildman–Crippen MR) is 71.9 cm³/mol. The van der Waals surface area contributed by atoms with E-state index < -0.39 is 20.7 Å². The molecule has 1 heterocycles. The fourth-order valence-corrected chi connectivity index (χ4v) is 2.88. The van der Waals surface area contributed by atoms with Crippen molar-refractivity contribution in [3.63, 3.8) is 0 Å². The van der Waals surface area contributed by atoms with Gasteiger partial charge in [0.25, 0.3) is 0 Å². The van der Waals surface area contributed by atoms with Gasteiger partial charge >= 0.3 is 0 Å². The Balaban J connectivity index is 2.27. The molecule has 1 aromatic carbocycles. The van der Waals surface area contributed by atoms with Crippen LogP contribution in [0.2, 0.25) is 5.02 Å². The number of benzene rings is 1. The molecule has 0 amide bonds. The maximum atomic E-state index is 13.8. The third-order valence-corrected chi connectivity index (χ3v) is 4.01. The molecule has 0 saturated carbocycles. The fraction of sp³-hybridized carbons (Fsp3) is 0.0909. The molecule has 2 aromatic rings. The molecule has 2 rings (SSSR count). The van der Waals surface area contributed by atoms with Gasteiger partial charge in [0.15, 0.2) is 5.82 Å². The van der Waals surface area contributed by atoms with Crippen LogP contribution in [0.5, 0.6) is 0 Å². The van der Waals surface area contributed by atoms with Gasteiger partial charge in [-0.15, -0.1) is 0 Å². The first-order valence-corrected chi connectivity index (χ1v) is 7.27. The summed E-state index contributed by atoms with van der Waals surface area (Å²) >= 11 is 5.68. The van der Waals surface area contributed by atoms with Gasteiger partial charge in [0.1, 0.15) is 4.90 Å². The highest BCUT2D eigenvalue weighted by Gasteiger charge is 2.21. The van der Waals surface area contributed by atoms with Crippen molar-refractivity contribution < 1.29 is 12.8 Å². The van der Waals surface area contributed by atoms with Gasteiger partial charge in [-0.25, -0.2) is 17.5 Å². The highest BCUT2D eigenvalue weighted by Crippen LogP contribution is 2.25. The number of nitrogens with zero attached hydrogens (tertiary/aromatic N) is 2. The molecule has 3 N–H and O–H groups in total. The van der Waals surface area contributed by atoms with E-state index in [-0.39, 0.29) is 17.3 Å². The lowest BCUT2D eigenvalue weighted by molar-refractivity contribution is 0.557. The van der Waals surface area contributed by atoms with Crippen molar-refractivity contribution in [2.24, 2.45) is 0 Å². The van der Waals surface area contributed by atoms with E-state index in [1.807, 2.05) is 0 Å². The number of nitrogens with two attached hydrogens (primary N) is 1. The van der Waals surface area contributed by atoms with Crippen molar-refractivity contribution in [1.82, 2.24) is 14.9 Å². The molecule has 0 atom stereocenters. The first-order valence-electron chi connectivity index (χ1n) is 5.41. The van der Waals surface area contributed by atoms with E-state index in [0.717, 1.165) is 12.1 Å². The minimum Gasteiger partial charge on any atom is -0.396 e. The Kier molecular flexibility index (Phi) is 4.17. The number of hydrogen-bond acceptors (Lipinski definition) is 5. The standard InChI is InChI=1S/C11H10ClFN4O2S/c12-7-4-9(14)11(13)10(5-7)20(18,19)16-6-8-2-1-3-15-17-8/h1-5,16H,6,14H2. The van der Waals surface area contributed by atoms with Gasteiger partial charge in [-0.1, -0.05) is 11.6 Å². The first kappa shape index (κ1) is 14.6. The lowest BCUT2D eigenvalue weighted by Crippen LogP contribution is -2.25. The minimum absolute atomic E-state index is 0.0313. The van der Waals surface area contributed by atoms with Crippen molar-refractivity contribution in [3.05, 3.63) is 47.0 Å². The molecule has 0 aliphatic heterocycles. The molecule has 0 unspecified atom stereocenters. The predicted octanol–water partition coefficient (Wildman–Crippen LogP) is 1.33. The molecule has 0 spiro atoms. The summed E-state index contributed by atoms with van der Waals surface area (Å²) in [6.07, 6.45) is 1.45. The van der Waals surface area contributed by atoms with Gasteiger partial charge in [0.05, 0.1) is 17.9 Å². The lowest BCUT2D eigenvalue weighted by atomic mass is 10.3. The van der Waals surface area contributed by atoms with Gasteiger partial charge in [-0.3, -0.25) is 0 Å². The quantitative estimate of drug-likeness (QED) is 0.829. The smallest absolute Gasteiger partial charge is 0.243 e. The summed E-state index contributed by atoms with van der Waals surface area (Å²) in [7, 11) is -4.09. The lowest BCUT2D eigenvalue weighted by Gasteiger charge is -2.09. The molecular formula is C11H10ClFN4O2S. The summed E-state index contributed by atoms with van der Waals surface area (Å²) in [6.45, 7) is -0.123.